The molecule has 0 saturated heterocycles. The van der Waals surface area contributed by atoms with E-state index in [1.54, 1.807) is 6.92 Å². The Morgan fingerprint density at radius 2 is 1.93 bits per heavy atom. The summed E-state index contributed by atoms with van der Waals surface area (Å²) in [6.07, 6.45) is 0. The zero-order valence-electron chi connectivity index (χ0n) is 7.57. The molecule has 0 saturated carbocycles. The molecular formula is C11H7NO2. The minimum atomic E-state index is 0.0225. The Balaban J connectivity index is 2.42. The molecule has 1 aliphatic rings. The molecule has 0 bridgehead atoms. The van der Waals surface area contributed by atoms with Gasteiger partial charge in [-0.3, -0.25) is 4.79 Å². The Morgan fingerprint density at radius 1 is 1.21 bits per heavy atom. The minimum Gasteiger partial charge on any atom is -0.360 e. The minimum absolute atomic E-state index is 0.0225. The highest BCUT2D eigenvalue weighted by molar-refractivity contribution is 6.21. The number of carbonyl (C=O) groups excluding carboxylic acids is 1. The van der Waals surface area contributed by atoms with Gasteiger partial charge in [0.2, 0.25) is 0 Å². The number of carbonyl (C=O) groups is 1. The Bertz CT molecular complexity index is 540. The first kappa shape index (κ1) is 7.50. The van der Waals surface area contributed by atoms with Gasteiger partial charge in [-0.05, 0) is 6.92 Å². The van der Waals surface area contributed by atoms with Gasteiger partial charge in [-0.15, -0.1) is 0 Å². The van der Waals surface area contributed by atoms with Crippen LogP contribution in [0.15, 0.2) is 28.8 Å². The third-order valence-electron chi connectivity index (χ3n) is 2.52. The fraction of sp³-hybridized carbons (Fsp3) is 0.0909. The highest BCUT2D eigenvalue weighted by Crippen LogP contribution is 2.36. The van der Waals surface area contributed by atoms with Crippen LogP contribution in [0.1, 0.15) is 21.7 Å². The van der Waals surface area contributed by atoms with Gasteiger partial charge < -0.3 is 4.52 Å². The van der Waals surface area contributed by atoms with Crippen molar-refractivity contribution in [1.29, 1.82) is 0 Å². The summed E-state index contributed by atoms with van der Waals surface area (Å²) in [5.74, 6) is 0.621. The largest absolute Gasteiger partial charge is 0.360 e. The molecule has 0 unspecified atom stereocenters. The molecular weight excluding hydrogens is 178 g/mol. The van der Waals surface area contributed by atoms with Gasteiger partial charge in [0, 0.05) is 11.1 Å². The topological polar surface area (TPSA) is 43.1 Å². The lowest BCUT2D eigenvalue weighted by atomic mass is 10.1. The van der Waals surface area contributed by atoms with Crippen LogP contribution in [0.25, 0.3) is 11.3 Å². The second-order valence-electron chi connectivity index (χ2n) is 3.34. The predicted octanol–water partition coefficient (Wildman–Crippen LogP) is 2.19. The van der Waals surface area contributed by atoms with E-state index in [4.69, 9.17) is 4.52 Å². The normalized spacial score (nSPS) is 12.8. The Morgan fingerprint density at radius 3 is 2.71 bits per heavy atom. The fourth-order valence-electron chi connectivity index (χ4n) is 1.85. The van der Waals surface area contributed by atoms with Crippen molar-refractivity contribution >= 4 is 5.78 Å². The van der Waals surface area contributed by atoms with Gasteiger partial charge in [-0.1, -0.05) is 29.4 Å². The van der Waals surface area contributed by atoms with Crippen molar-refractivity contribution in [2.45, 2.75) is 6.92 Å². The van der Waals surface area contributed by atoms with Gasteiger partial charge in [0.25, 0.3) is 0 Å². The monoisotopic (exact) mass is 185 g/mol. The van der Waals surface area contributed by atoms with Crippen LogP contribution in [-0.4, -0.2) is 10.9 Å². The molecule has 3 rings (SSSR count). The van der Waals surface area contributed by atoms with Gasteiger partial charge in [0.15, 0.2) is 5.78 Å². The predicted molar refractivity (Wildman–Crippen MR) is 50.1 cm³/mol. The van der Waals surface area contributed by atoms with E-state index in [0.29, 0.717) is 17.0 Å². The summed E-state index contributed by atoms with van der Waals surface area (Å²) in [5.41, 5.74) is 2.91. The molecule has 68 valence electrons. The summed E-state index contributed by atoms with van der Waals surface area (Å²) in [6.45, 7) is 1.76. The molecule has 1 aromatic heterocycles. The van der Waals surface area contributed by atoms with E-state index < -0.39 is 0 Å². The number of hydrogen-bond acceptors (Lipinski definition) is 3. The average molecular weight is 185 g/mol. The van der Waals surface area contributed by atoms with E-state index in [1.807, 2.05) is 24.3 Å². The summed E-state index contributed by atoms with van der Waals surface area (Å²) in [4.78, 5) is 11.9. The summed E-state index contributed by atoms with van der Waals surface area (Å²) in [7, 11) is 0. The zero-order chi connectivity index (χ0) is 9.71. The van der Waals surface area contributed by atoms with E-state index in [1.165, 1.54) is 0 Å². The first-order valence-electron chi connectivity index (χ1n) is 4.39. The van der Waals surface area contributed by atoms with Crippen LogP contribution < -0.4 is 0 Å². The third-order valence-corrected chi connectivity index (χ3v) is 2.52. The number of aromatic nitrogens is 1. The van der Waals surface area contributed by atoms with E-state index in [9.17, 15) is 4.79 Å². The van der Waals surface area contributed by atoms with Gasteiger partial charge in [-0.2, -0.15) is 0 Å². The molecule has 1 aromatic carbocycles. The Hall–Kier alpha value is -1.90. The molecule has 3 nitrogen and oxygen atoms in total. The van der Waals surface area contributed by atoms with Crippen molar-refractivity contribution < 1.29 is 9.32 Å². The molecule has 1 aliphatic carbocycles. The van der Waals surface area contributed by atoms with Crippen LogP contribution in [0, 0.1) is 6.92 Å². The average Bonchev–Trinajstić information content (AvgIpc) is 2.70. The van der Waals surface area contributed by atoms with E-state index in [0.717, 1.165) is 11.1 Å². The number of benzene rings is 1. The quantitative estimate of drug-likeness (QED) is 0.539. The summed E-state index contributed by atoms with van der Waals surface area (Å²) in [6, 6.07) is 7.46. The first-order valence-corrected chi connectivity index (χ1v) is 4.39. The maximum Gasteiger partial charge on any atom is 0.199 e. The van der Waals surface area contributed by atoms with Crippen molar-refractivity contribution in [3.05, 3.63) is 41.2 Å². The summed E-state index contributed by atoms with van der Waals surface area (Å²) in [5, 5.41) is 3.89. The van der Waals surface area contributed by atoms with Crippen LogP contribution in [0.3, 0.4) is 0 Å². The molecule has 1 heterocycles. The number of hydrogen-bond donors (Lipinski definition) is 0. The standard InChI is InChI=1S/C11H7NO2/c1-6-9-10(12-14-6)7-4-2-3-5-8(7)11(9)13/h2-5H,1H3. The highest BCUT2D eigenvalue weighted by atomic mass is 16.5. The van der Waals surface area contributed by atoms with Gasteiger partial charge in [0.05, 0.1) is 5.56 Å². The van der Waals surface area contributed by atoms with Crippen LogP contribution in [-0.2, 0) is 0 Å². The zero-order valence-corrected chi connectivity index (χ0v) is 7.57. The number of aryl methyl sites for hydroxylation is 1. The van der Waals surface area contributed by atoms with E-state index in [2.05, 4.69) is 5.16 Å². The van der Waals surface area contributed by atoms with Gasteiger partial charge >= 0.3 is 0 Å². The van der Waals surface area contributed by atoms with Crippen molar-refractivity contribution in [1.82, 2.24) is 5.16 Å². The molecule has 0 amide bonds. The molecule has 0 spiro atoms. The molecule has 0 aliphatic heterocycles. The van der Waals surface area contributed by atoms with Crippen LogP contribution in [0.2, 0.25) is 0 Å². The first-order chi connectivity index (χ1) is 6.79. The summed E-state index contributed by atoms with van der Waals surface area (Å²) < 4.78 is 4.99. The second-order valence-corrected chi connectivity index (χ2v) is 3.34. The molecule has 2 aromatic rings. The van der Waals surface area contributed by atoms with E-state index >= 15 is 0 Å². The molecule has 0 N–H and O–H groups in total. The SMILES string of the molecule is Cc1onc2c1C(=O)c1ccccc1-2. The van der Waals surface area contributed by atoms with Gasteiger partial charge in [-0.25, -0.2) is 0 Å². The molecule has 0 atom stereocenters. The van der Waals surface area contributed by atoms with Crippen molar-refractivity contribution in [2.24, 2.45) is 0 Å². The molecule has 3 heteroatoms. The van der Waals surface area contributed by atoms with Crippen molar-refractivity contribution in [3.63, 3.8) is 0 Å². The van der Waals surface area contributed by atoms with Crippen LogP contribution in [0.4, 0.5) is 0 Å². The Labute approximate surface area is 80.3 Å². The fourth-order valence-corrected chi connectivity index (χ4v) is 1.85. The molecule has 14 heavy (non-hydrogen) atoms. The second kappa shape index (κ2) is 2.32. The molecule has 0 fully saturated rings. The highest BCUT2D eigenvalue weighted by Gasteiger charge is 2.31. The van der Waals surface area contributed by atoms with Crippen LogP contribution in [0.5, 0.6) is 0 Å². The number of nitrogens with zero attached hydrogens (tertiary/aromatic N) is 1. The van der Waals surface area contributed by atoms with Crippen LogP contribution >= 0.6 is 0 Å². The lowest BCUT2D eigenvalue weighted by Crippen LogP contribution is -1.95. The maximum atomic E-state index is 11.9. The Kier molecular flexibility index (Phi) is 1.24. The van der Waals surface area contributed by atoms with Crippen molar-refractivity contribution in [3.8, 4) is 11.3 Å². The smallest absolute Gasteiger partial charge is 0.199 e. The van der Waals surface area contributed by atoms with E-state index in [-0.39, 0.29) is 5.78 Å². The molecule has 0 radical (unpaired) electrons. The maximum absolute atomic E-state index is 11.9. The van der Waals surface area contributed by atoms with Crippen molar-refractivity contribution in [2.75, 3.05) is 0 Å². The third kappa shape index (κ3) is 0.719. The lowest BCUT2D eigenvalue weighted by Gasteiger charge is -1.94. The lowest BCUT2D eigenvalue weighted by molar-refractivity contribution is 0.104. The number of fused-ring (bicyclic) bond motifs is 3. The van der Waals surface area contributed by atoms with Gasteiger partial charge in [0.1, 0.15) is 11.5 Å². The number of rotatable bonds is 0. The summed E-state index contributed by atoms with van der Waals surface area (Å²) >= 11 is 0. The number of ketones is 1.